The third kappa shape index (κ3) is 12.2. The summed E-state index contributed by atoms with van der Waals surface area (Å²) in [6.45, 7) is -0.289. The summed E-state index contributed by atoms with van der Waals surface area (Å²) < 4.78 is 0. The molecule has 10 N–H and O–H groups in total. The molecule has 0 aromatic carbocycles. The number of hydrogen-bond acceptors (Lipinski definition) is 8. The Hall–Kier alpha value is -2.38. The minimum Gasteiger partial charge on any atom is -0.480 e. The van der Waals surface area contributed by atoms with Crippen molar-refractivity contribution in [3.05, 3.63) is 0 Å². The lowest BCUT2D eigenvalue weighted by Gasteiger charge is -2.23. The second-order valence-electron chi connectivity index (χ2n) is 6.58. The van der Waals surface area contributed by atoms with E-state index >= 15 is 0 Å². The Balaban J connectivity index is 5.20. The number of carboxylic acid groups (broad SMARTS) is 1. The quantitative estimate of drug-likeness (QED) is 0.121. The van der Waals surface area contributed by atoms with E-state index in [0.29, 0.717) is 31.6 Å². The van der Waals surface area contributed by atoms with Gasteiger partial charge in [-0.1, -0.05) is 0 Å². The van der Waals surface area contributed by atoms with Crippen molar-refractivity contribution in [1.82, 2.24) is 16.0 Å². The second-order valence-corrected chi connectivity index (χ2v) is 7.56. The molecule has 0 aromatic heterocycles. The number of amides is 4. The van der Waals surface area contributed by atoms with Gasteiger partial charge in [-0.3, -0.25) is 24.0 Å². The van der Waals surface area contributed by atoms with Gasteiger partial charge in [0.05, 0.1) is 12.5 Å². The van der Waals surface area contributed by atoms with Crippen molar-refractivity contribution in [3.63, 3.8) is 0 Å². The predicted octanol–water partition coefficient (Wildman–Crippen LogP) is -2.76. The van der Waals surface area contributed by atoms with Gasteiger partial charge >= 0.3 is 5.97 Å². The lowest BCUT2D eigenvalue weighted by molar-refractivity contribution is -0.138. The molecule has 30 heavy (non-hydrogen) atoms. The van der Waals surface area contributed by atoms with E-state index in [4.69, 9.17) is 22.3 Å². The number of carboxylic acids is 1. The van der Waals surface area contributed by atoms with E-state index in [-0.39, 0.29) is 6.42 Å². The molecular weight excluding hydrogens is 416 g/mol. The van der Waals surface area contributed by atoms with E-state index in [1.165, 1.54) is 11.8 Å². The number of carbonyl (C=O) groups is 5. The average Bonchev–Trinajstić information content (AvgIpc) is 2.68. The molecule has 3 atom stereocenters. The number of rotatable bonds is 16. The van der Waals surface area contributed by atoms with E-state index in [2.05, 4.69) is 16.0 Å². The Kier molecular flexibility index (Phi) is 14.2. The normalized spacial score (nSPS) is 13.6. The molecule has 172 valence electrons. The number of primary amides is 1. The Morgan fingerprint density at radius 3 is 2.13 bits per heavy atom. The van der Waals surface area contributed by atoms with E-state index < -0.39 is 60.7 Å². The first-order valence-electron chi connectivity index (χ1n) is 9.45. The Morgan fingerprint density at radius 2 is 1.60 bits per heavy atom. The minimum absolute atomic E-state index is 0.240. The summed E-state index contributed by atoms with van der Waals surface area (Å²) in [6, 6.07) is -3.19. The molecule has 0 saturated carbocycles. The van der Waals surface area contributed by atoms with Crippen LogP contribution in [0.3, 0.4) is 0 Å². The third-order valence-corrected chi connectivity index (χ3v) is 4.65. The second kappa shape index (κ2) is 15.5. The molecule has 4 amide bonds. The molecule has 0 bridgehead atoms. The predicted molar refractivity (Wildman–Crippen MR) is 112 cm³/mol. The summed E-state index contributed by atoms with van der Waals surface area (Å²) >= 11 is 1.53. The van der Waals surface area contributed by atoms with Crippen molar-refractivity contribution in [2.45, 2.75) is 50.2 Å². The minimum atomic E-state index is -1.38. The Morgan fingerprint density at radius 1 is 0.967 bits per heavy atom. The molecule has 12 nitrogen and oxygen atoms in total. The van der Waals surface area contributed by atoms with E-state index in [1.807, 2.05) is 6.26 Å². The van der Waals surface area contributed by atoms with E-state index in [0.717, 1.165) is 0 Å². The first-order valence-corrected chi connectivity index (χ1v) is 10.8. The summed E-state index contributed by atoms with van der Waals surface area (Å²) in [6.07, 6.45) is 3.15. The SMILES string of the molecule is CSCCC(N)C(=O)NC(CCCCN)C(=O)NC(CC(N)=O)C(=O)NCC(=O)O. The molecule has 0 spiro atoms. The molecule has 0 aliphatic carbocycles. The van der Waals surface area contributed by atoms with Crippen molar-refractivity contribution in [2.75, 3.05) is 25.1 Å². The zero-order valence-electron chi connectivity index (χ0n) is 17.0. The average molecular weight is 449 g/mol. The van der Waals surface area contributed by atoms with Gasteiger partial charge in [-0.15, -0.1) is 0 Å². The van der Waals surface area contributed by atoms with Gasteiger partial charge in [0.25, 0.3) is 0 Å². The van der Waals surface area contributed by atoms with Gasteiger partial charge < -0.3 is 38.3 Å². The van der Waals surface area contributed by atoms with Crippen LogP contribution in [0.4, 0.5) is 0 Å². The molecule has 0 radical (unpaired) electrons. The van der Waals surface area contributed by atoms with Crippen LogP contribution in [0.1, 0.15) is 32.1 Å². The van der Waals surface area contributed by atoms with Gasteiger partial charge in [0.2, 0.25) is 23.6 Å². The van der Waals surface area contributed by atoms with Crippen LogP contribution in [-0.2, 0) is 24.0 Å². The number of nitrogens with one attached hydrogen (secondary N) is 3. The van der Waals surface area contributed by atoms with E-state index in [1.54, 1.807) is 0 Å². The third-order valence-electron chi connectivity index (χ3n) is 4.00. The fourth-order valence-corrected chi connectivity index (χ4v) is 2.87. The van der Waals surface area contributed by atoms with Crippen molar-refractivity contribution in [3.8, 4) is 0 Å². The van der Waals surface area contributed by atoms with Gasteiger partial charge in [0.1, 0.15) is 18.6 Å². The van der Waals surface area contributed by atoms with Crippen LogP contribution in [0.25, 0.3) is 0 Å². The first kappa shape index (κ1) is 27.6. The molecular formula is C17H32N6O6S. The van der Waals surface area contributed by atoms with Crippen LogP contribution in [-0.4, -0.2) is 77.9 Å². The Bertz CT molecular complexity index is 605. The summed E-state index contributed by atoms with van der Waals surface area (Å²) in [5.41, 5.74) is 16.4. The van der Waals surface area contributed by atoms with Crippen LogP contribution in [0.2, 0.25) is 0 Å². The Labute approximate surface area is 179 Å². The van der Waals surface area contributed by atoms with Crippen molar-refractivity contribution in [2.24, 2.45) is 17.2 Å². The van der Waals surface area contributed by atoms with Crippen LogP contribution < -0.4 is 33.2 Å². The van der Waals surface area contributed by atoms with Crippen LogP contribution >= 0.6 is 11.8 Å². The lowest BCUT2D eigenvalue weighted by atomic mass is 10.1. The largest absolute Gasteiger partial charge is 0.480 e. The number of aliphatic carboxylic acids is 1. The molecule has 13 heteroatoms. The maximum atomic E-state index is 12.7. The molecule has 0 aliphatic heterocycles. The van der Waals surface area contributed by atoms with Crippen LogP contribution in [0.15, 0.2) is 0 Å². The van der Waals surface area contributed by atoms with Gasteiger partial charge in [0, 0.05) is 0 Å². The summed E-state index contributed by atoms with van der Waals surface area (Å²) in [7, 11) is 0. The van der Waals surface area contributed by atoms with Gasteiger partial charge in [0.15, 0.2) is 0 Å². The van der Waals surface area contributed by atoms with Gasteiger partial charge in [-0.05, 0) is 44.2 Å². The van der Waals surface area contributed by atoms with Crippen molar-refractivity contribution < 1.29 is 29.1 Å². The number of hydrogen-bond donors (Lipinski definition) is 7. The summed E-state index contributed by atoms with van der Waals surface area (Å²) in [4.78, 5) is 59.0. The zero-order valence-corrected chi connectivity index (χ0v) is 17.8. The number of thioether (sulfide) groups is 1. The molecule has 0 rings (SSSR count). The maximum Gasteiger partial charge on any atom is 0.322 e. The molecule has 3 unspecified atom stereocenters. The summed E-state index contributed by atoms with van der Waals surface area (Å²) in [5.74, 6) is -3.60. The van der Waals surface area contributed by atoms with Crippen LogP contribution in [0, 0.1) is 0 Å². The summed E-state index contributed by atoms with van der Waals surface area (Å²) in [5, 5.41) is 15.7. The maximum absolute atomic E-state index is 12.7. The lowest BCUT2D eigenvalue weighted by Crippen LogP contribution is -2.56. The number of carbonyl (C=O) groups excluding carboxylic acids is 4. The zero-order chi connectivity index (χ0) is 23.1. The highest BCUT2D eigenvalue weighted by Crippen LogP contribution is 2.05. The number of nitrogens with two attached hydrogens (primary N) is 3. The fourth-order valence-electron chi connectivity index (χ4n) is 2.38. The topological polar surface area (TPSA) is 220 Å². The smallest absolute Gasteiger partial charge is 0.322 e. The standard InChI is InChI=1S/C17H32N6O6S/c1-30-7-5-10(19)15(27)22-11(4-2-3-6-18)17(29)23-12(8-13(20)24)16(28)21-9-14(25)26/h10-12H,2-9,18-19H2,1H3,(H2,20,24)(H,21,28)(H,22,27)(H,23,29)(H,25,26). The first-order chi connectivity index (χ1) is 14.1. The van der Waals surface area contributed by atoms with Gasteiger partial charge in [-0.25, -0.2) is 0 Å². The molecule has 0 fully saturated rings. The monoisotopic (exact) mass is 448 g/mol. The fraction of sp³-hybridized carbons (Fsp3) is 0.706. The van der Waals surface area contributed by atoms with E-state index in [9.17, 15) is 24.0 Å². The van der Waals surface area contributed by atoms with Gasteiger partial charge in [-0.2, -0.15) is 11.8 Å². The molecule has 0 aromatic rings. The van der Waals surface area contributed by atoms with Crippen LogP contribution in [0.5, 0.6) is 0 Å². The van der Waals surface area contributed by atoms with Crippen molar-refractivity contribution in [1.29, 1.82) is 0 Å². The highest BCUT2D eigenvalue weighted by Gasteiger charge is 2.29. The molecule has 0 heterocycles. The molecule has 0 aliphatic rings. The van der Waals surface area contributed by atoms with Crippen molar-refractivity contribution >= 4 is 41.4 Å². The molecule has 0 saturated heterocycles. The highest BCUT2D eigenvalue weighted by atomic mass is 32.2. The highest BCUT2D eigenvalue weighted by molar-refractivity contribution is 7.98. The number of unbranched alkanes of at least 4 members (excludes halogenated alkanes) is 1.